The lowest BCUT2D eigenvalue weighted by Crippen LogP contribution is -2.26. The summed E-state index contributed by atoms with van der Waals surface area (Å²) >= 11 is 0. The van der Waals surface area contributed by atoms with E-state index in [1.165, 1.54) is 6.07 Å². The summed E-state index contributed by atoms with van der Waals surface area (Å²) in [6.07, 6.45) is 0.232. The summed E-state index contributed by atoms with van der Waals surface area (Å²) < 4.78 is 51.8. The SMILES string of the molecule is N[C@@H](c1ccc(F)cc1C(F)(F)F)C1CCCCC1. The van der Waals surface area contributed by atoms with Crippen LogP contribution in [0.4, 0.5) is 17.6 Å². The van der Waals surface area contributed by atoms with Gasteiger partial charge in [0.25, 0.3) is 0 Å². The van der Waals surface area contributed by atoms with Crippen LogP contribution >= 0.6 is 0 Å². The van der Waals surface area contributed by atoms with E-state index in [1.807, 2.05) is 0 Å². The lowest BCUT2D eigenvalue weighted by molar-refractivity contribution is -0.138. The standard InChI is InChI=1S/C14H17F4N/c15-10-6-7-11(12(8-10)14(16,17)18)13(19)9-4-2-1-3-5-9/h6-9,13H,1-5,19H2/t13-/m1/s1. The number of benzene rings is 1. The molecule has 0 aliphatic heterocycles. The predicted molar refractivity (Wildman–Crippen MR) is 64.9 cm³/mol. The molecule has 0 aromatic heterocycles. The first kappa shape index (κ1) is 14.3. The third kappa shape index (κ3) is 3.26. The molecular weight excluding hydrogens is 258 g/mol. The molecule has 0 amide bonds. The molecule has 0 saturated heterocycles. The number of alkyl halides is 3. The third-order valence-corrected chi connectivity index (χ3v) is 3.84. The van der Waals surface area contributed by atoms with Gasteiger partial charge in [0.05, 0.1) is 5.56 Å². The van der Waals surface area contributed by atoms with E-state index in [-0.39, 0.29) is 11.5 Å². The molecule has 1 atom stereocenters. The van der Waals surface area contributed by atoms with Crippen molar-refractivity contribution >= 4 is 0 Å². The number of nitrogens with two attached hydrogens (primary N) is 1. The summed E-state index contributed by atoms with van der Waals surface area (Å²) in [5.41, 5.74) is 5.07. The van der Waals surface area contributed by atoms with Crippen molar-refractivity contribution < 1.29 is 17.6 Å². The van der Waals surface area contributed by atoms with Crippen molar-refractivity contribution in [1.29, 1.82) is 0 Å². The molecule has 1 fully saturated rings. The Morgan fingerprint density at radius 2 is 1.74 bits per heavy atom. The van der Waals surface area contributed by atoms with Gasteiger partial charge in [-0.05, 0) is 36.5 Å². The number of hydrogen-bond donors (Lipinski definition) is 1. The van der Waals surface area contributed by atoms with E-state index in [9.17, 15) is 17.6 Å². The Hall–Kier alpha value is -1.10. The quantitative estimate of drug-likeness (QED) is 0.794. The Kier molecular flexibility index (Phi) is 4.13. The van der Waals surface area contributed by atoms with Crippen molar-refractivity contribution in [2.75, 3.05) is 0 Å². The average molecular weight is 275 g/mol. The molecule has 2 N–H and O–H groups in total. The van der Waals surface area contributed by atoms with E-state index >= 15 is 0 Å². The maximum Gasteiger partial charge on any atom is 0.416 e. The molecule has 1 saturated carbocycles. The van der Waals surface area contributed by atoms with Crippen LogP contribution in [-0.2, 0) is 6.18 Å². The minimum Gasteiger partial charge on any atom is -0.324 e. The van der Waals surface area contributed by atoms with Crippen LogP contribution in [0, 0.1) is 11.7 Å². The number of halogens is 4. The van der Waals surface area contributed by atoms with E-state index in [4.69, 9.17) is 5.73 Å². The summed E-state index contributed by atoms with van der Waals surface area (Å²) in [4.78, 5) is 0. The van der Waals surface area contributed by atoms with Gasteiger partial charge in [0.15, 0.2) is 0 Å². The molecule has 1 aromatic carbocycles. The van der Waals surface area contributed by atoms with Gasteiger partial charge < -0.3 is 5.73 Å². The van der Waals surface area contributed by atoms with E-state index < -0.39 is 23.6 Å². The number of hydrogen-bond acceptors (Lipinski definition) is 1. The van der Waals surface area contributed by atoms with Gasteiger partial charge in [0.1, 0.15) is 5.82 Å². The molecule has 0 bridgehead atoms. The van der Waals surface area contributed by atoms with Crippen molar-refractivity contribution in [2.45, 2.75) is 44.3 Å². The van der Waals surface area contributed by atoms with Gasteiger partial charge in [-0.3, -0.25) is 0 Å². The smallest absolute Gasteiger partial charge is 0.324 e. The van der Waals surface area contributed by atoms with Crippen molar-refractivity contribution in [3.05, 3.63) is 35.1 Å². The molecule has 0 spiro atoms. The second kappa shape index (κ2) is 5.49. The summed E-state index contributed by atoms with van der Waals surface area (Å²) in [6.45, 7) is 0. The molecule has 1 nitrogen and oxygen atoms in total. The zero-order chi connectivity index (χ0) is 14.0. The molecule has 1 aromatic rings. The maximum atomic E-state index is 13.0. The van der Waals surface area contributed by atoms with E-state index in [1.54, 1.807) is 0 Å². The molecule has 19 heavy (non-hydrogen) atoms. The monoisotopic (exact) mass is 275 g/mol. The lowest BCUT2D eigenvalue weighted by Gasteiger charge is -2.29. The van der Waals surface area contributed by atoms with Crippen LogP contribution in [-0.4, -0.2) is 0 Å². The van der Waals surface area contributed by atoms with Crippen molar-refractivity contribution in [1.82, 2.24) is 0 Å². The maximum absolute atomic E-state index is 13.0. The molecular formula is C14H17F4N. The summed E-state index contributed by atoms with van der Waals surface area (Å²) in [6, 6.07) is 2.10. The van der Waals surface area contributed by atoms with Gasteiger partial charge in [-0.1, -0.05) is 25.3 Å². The first-order chi connectivity index (χ1) is 8.89. The van der Waals surface area contributed by atoms with Crippen molar-refractivity contribution in [3.8, 4) is 0 Å². The number of rotatable bonds is 2. The van der Waals surface area contributed by atoms with Gasteiger partial charge in [-0.25, -0.2) is 4.39 Å². The molecule has 2 rings (SSSR count). The fraction of sp³-hybridized carbons (Fsp3) is 0.571. The molecule has 0 heterocycles. The van der Waals surface area contributed by atoms with Crippen LogP contribution in [0.2, 0.25) is 0 Å². The van der Waals surface area contributed by atoms with Crippen LogP contribution in [0.15, 0.2) is 18.2 Å². The Bertz CT molecular complexity index is 436. The van der Waals surface area contributed by atoms with Crippen LogP contribution in [0.3, 0.4) is 0 Å². The predicted octanol–water partition coefficient (Wildman–Crippen LogP) is 4.42. The fourth-order valence-electron chi connectivity index (χ4n) is 2.81. The van der Waals surface area contributed by atoms with E-state index in [2.05, 4.69) is 0 Å². The highest BCUT2D eigenvalue weighted by Crippen LogP contribution is 2.39. The highest BCUT2D eigenvalue weighted by Gasteiger charge is 2.36. The van der Waals surface area contributed by atoms with E-state index in [0.29, 0.717) is 6.07 Å². The van der Waals surface area contributed by atoms with Crippen molar-refractivity contribution in [3.63, 3.8) is 0 Å². The van der Waals surface area contributed by atoms with Crippen LogP contribution in [0.5, 0.6) is 0 Å². The average Bonchev–Trinajstić information content (AvgIpc) is 2.38. The van der Waals surface area contributed by atoms with Gasteiger partial charge in [-0.2, -0.15) is 13.2 Å². The normalized spacial score (nSPS) is 19.4. The fourth-order valence-corrected chi connectivity index (χ4v) is 2.81. The van der Waals surface area contributed by atoms with Gasteiger partial charge in [-0.15, -0.1) is 0 Å². The highest BCUT2D eigenvalue weighted by molar-refractivity contribution is 5.33. The molecule has 106 valence electrons. The molecule has 5 heteroatoms. The minimum absolute atomic E-state index is 0.0146. The first-order valence-corrected chi connectivity index (χ1v) is 6.52. The summed E-state index contributed by atoms with van der Waals surface area (Å²) in [7, 11) is 0. The van der Waals surface area contributed by atoms with Gasteiger partial charge in [0, 0.05) is 6.04 Å². The minimum atomic E-state index is -4.57. The van der Waals surface area contributed by atoms with Crippen LogP contribution < -0.4 is 5.73 Å². The van der Waals surface area contributed by atoms with Crippen LogP contribution in [0.1, 0.15) is 49.3 Å². The molecule has 1 aliphatic rings. The zero-order valence-electron chi connectivity index (χ0n) is 10.5. The topological polar surface area (TPSA) is 26.0 Å². The molecule has 0 radical (unpaired) electrons. The second-order valence-corrected chi connectivity index (χ2v) is 5.15. The molecule has 1 aliphatic carbocycles. The highest BCUT2D eigenvalue weighted by atomic mass is 19.4. The first-order valence-electron chi connectivity index (χ1n) is 6.52. The van der Waals surface area contributed by atoms with Gasteiger partial charge in [0.2, 0.25) is 0 Å². The molecule has 0 unspecified atom stereocenters. The summed E-state index contributed by atoms with van der Waals surface area (Å²) in [5.74, 6) is -0.827. The van der Waals surface area contributed by atoms with Crippen LogP contribution in [0.25, 0.3) is 0 Å². The second-order valence-electron chi connectivity index (χ2n) is 5.15. The Balaban J connectivity index is 2.32. The largest absolute Gasteiger partial charge is 0.416 e. The zero-order valence-corrected chi connectivity index (χ0v) is 10.5. The Morgan fingerprint density at radius 1 is 1.11 bits per heavy atom. The van der Waals surface area contributed by atoms with Gasteiger partial charge >= 0.3 is 6.18 Å². The van der Waals surface area contributed by atoms with E-state index in [0.717, 1.165) is 38.2 Å². The Labute approximate surface area is 109 Å². The Morgan fingerprint density at radius 3 is 2.32 bits per heavy atom. The lowest BCUT2D eigenvalue weighted by atomic mass is 9.80. The third-order valence-electron chi connectivity index (χ3n) is 3.84. The summed E-state index contributed by atoms with van der Waals surface area (Å²) in [5, 5.41) is 0. The van der Waals surface area contributed by atoms with Crippen molar-refractivity contribution in [2.24, 2.45) is 11.7 Å².